The maximum atomic E-state index is 5.46. The lowest BCUT2D eigenvalue weighted by atomic mass is 10.1. The van der Waals surface area contributed by atoms with E-state index in [0.29, 0.717) is 5.95 Å². The van der Waals surface area contributed by atoms with Crippen LogP contribution in [0, 0.1) is 0 Å². The predicted octanol–water partition coefficient (Wildman–Crippen LogP) is 11.0. The summed E-state index contributed by atoms with van der Waals surface area (Å²) in [5, 5.41) is 3.49. The summed E-state index contributed by atoms with van der Waals surface area (Å²) in [6, 6.07) is 53.9. The lowest BCUT2D eigenvalue weighted by molar-refractivity contribution is 1.02. The zero-order valence-electron chi connectivity index (χ0n) is 25.6. The molecule has 0 amide bonds. The molecule has 0 saturated heterocycles. The molecule has 0 N–H and O–H groups in total. The Morgan fingerprint density at radius 1 is 0.458 bits per heavy atom. The van der Waals surface area contributed by atoms with Crippen molar-refractivity contribution >= 4 is 81.0 Å². The third-order valence-corrected chi connectivity index (χ3v) is 10.8. The smallest absolute Gasteiger partial charge is 0.235 e. The highest BCUT2D eigenvalue weighted by Gasteiger charge is 2.26. The summed E-state index contributed by atoms with van der Waals surface area (Å²) in [6.07, 6.45) is 0. The SMILES string of the molecule is c1ccc(-c2nc(-n3c4cccc5c4c4c3c3ccccc3n4c3ccccc3n5-c3ccccc3)nc3c2sc2ccccc23)cc1. The van der Waals surface area contributed by atoms with Gasteiger partial charge in [-0.1, -0.05) is 103 Å². The van der Waals surface area contributed by atoms with E-state index < -0.39 is 0 Å². The molecule has 0 aliphatic rings. The van der Waals surface area contributed by atoms with E-state index in [1.54, 1.807) is 11.3 Å². The number of thiophene rings is 1. The van der Waals surface area contributed by atoms with Gasteiger partial charge in [0.05, 0.1) is 54.5 Å². The number of hydrogen-bond donors (Lipinski definition) is 0. The predicted molar refractivity (Wildman–Crippen MR) is 200 cm³/mol. The number of aromatic nitrogens is 5. The highest BCUT2D eigenvalue weighted by molar-refractivity contribution is 7.26. The Labute approximate surface area is 278 Å². The van der Waals surface area contributed by atoms with Crippen molar-refractivity contribution in [3.8, 4) is 22.9 Å². The summed E-state index contributed by atoms with van der Waals surface area (Å²) in [5.74, 6) is 0.671. The molecule has 6 heteroatoms. The van der Waals surface area contributed by atoms with Gasteiger partial charge in [0, 0.05) is 32.1 Å². The van der Waals surface area contributed by atoms with Crippen molar-refractivity contribution in [3.63, 3.8) is 0 Å². The van der Waals surface area contributed by atoms with Gasteiger partial charge >= 0.3 is 0 Å². The maximum absolute atomic E-state index is 5.46. The second-order valence-electron chi connectivity index (χ2n) is 12.2. The van der Waals surface area contributed by atoms with E-state index >= 15 is 0 Å². The lowest BCUT2D eigenvalue weighted by Gasteiger charge is -2.12. The topological polar surface area (TPSA) is 40.0 Å². The van der Waals surface area contributed by atoms with Gasteiger partial charge in [0.15, 0.2) is 0 Å². The molecule has 0 fully saturated rings. The van der Waals surface area contributed by atoms with Crippen LogP contribution in [0.1, 0.15) is 0 Å². The Balaban J connectivity index is 1.40. The van der Waals surface area contributed by atoms with E-state index in [-0.39, 0.29) is 0 Å². The summed E-state index contributed by atoms with van der Waals surface area (Å²) in [4.78, 5) is 10.9. The van der Waals surface area contributed by atoms with Crippen molar-refractivity contribution < 1.29 is 0 Å². The minimum Gasteiger partial charge on any atom is -0.308 e. The van der Waals surface area contributed by atoms with Gasteiger partial charge in [-0.25, -0.2) is 9.97 Å². The van der Waals surface area contributed by atoms with Crippen molar-refractivity contribution in [3.05, 3.63) is 152 Å². The Morgan fingerprint density at radius 3 is 1.90 bits per heavy atom. The highest BCUT2D eigenvalue weighted by Crippen LogP contribution is 2.44. The molecule has 5 nitrogen and oxygen atoms in total. The lowest BCUT2D eigenvalue weighted by Crippen LogP contribution is -2.03. The molecule has 224 valence electrons. The fourth-order valence-corrected chi connectivity index (χ4v) is 8.85. The van der Waals surface area contributed by atoms with E-state index in [4.69, 9.17) is 9.97 Å². The van der Waals surface area contributed by atoms with E-state index in [2.05, 4.69) is 165 Å². The number of para-hydroxylation sites is 4. The molecular formula is C42H25N5S. The van der Waals surface area contributed by atoms with E-state index in [1.165, 1.54) is 10.1 Å². The van der Waals surface area contributed by atoms with Gasteiger partial charge in [0.25, 0.3) is 0 Å². The van der Waals surface area contributed by atoms with Crippen LogP contribution in [0.5, 0.6) is 0 Å². The third-order valence-electron chi connectivity index (χ3n) is 9.64. The van der Waals surface area contributed by atoms with Gasteiger partial charge in [-0.3, -0.25) is 4.57 Å². The second-order valence-corrected chi connectivity index (χ2v) is 13.3. The summed E-state index contributed by atoms with van der Waals surface area (Å²) in [6.45, 7) is 0. The van der Waals surface area contributed by atoms with E-state index in [1.807, 2.05) is 0 Å². The zero-order valence-corrected chi connectivity index (χ0v) is 26.4. The minimum atomic E-state index is 0.671. The van der Waals surface area contributed by atoms with Crippen LogP contribution in [0.15, 0.2) is 152 Å². The number of fused-ring (bicyclic) bond motifs is 8. The monoisotopic (exact) mass is 631 g/mol. The first-order valence-electron chi connectivity index (χ1n) is 16.1. The molecule has 0 radical (unpaired) electrons. The molecule has 0 atom stereocenters. The Hall–Kier alpha value is -6.24. The Kier molecular flexibility index (Phi) is 5.20. The number of nitrogens with zero attached hydrogens (tertiary/aromatic N) is 5. The second kappa shape index (κ2) is 9.64. The average molecular weight is 632 g/mol. The van der Waals surface area contributed by atoms with Crippen LogP contribution in [-0.4, -0.2) is 23.5 Å². The fraction of sp³-hybridized carbons (Fsp3) is 0. The van der Waals surface area contributed by atoms with Crippen LogP contribution in [0.3, 0.4) is 0 Å². The standard InChI is InChI=1S/C42H25N5S/c1-3-14-26(15-4-1)37-41-38(29-19-8-12-25-35(29)48-41)44-42(43-37)47-34-24-13-23-33-36(34)40-39(47)28-18-7-9-20-30(28)46(40)32-22-11-10-21-31(32)45(33)27-16-5-2-6-17-27/h1-25H. The molecule has 0 aliphatic heterocycles. The molecule has 6 aromatic carbocycles. The average Bonchev–Trinajstić information content (AvgIpc) is 3.77. The number of hydrogen-bond acceptors (Lipinski definition) is 3. The summed E-state index contributed by atoms with van der Waals surface area (Å²) < 4.78 is 9.47. The molecule has 0 aliphatic carbocycles. The normalized spacial score (nSPS) is 12.2. The van der Waals surface area contributed by atoms with Gasteiger partial charge in [0.1, 0.15) is 0 Å². The van der Waals surface area contributed by atoms with Gasteiger partial charge in [-0.15, -0.1) is 11.3 Å². The van der Waals surface area contributed by atoms with Crippen LogP contribution >= 0.6 is 11.3 Å². The van der Waals surface area contributed by atoms with Crippen LogP contribution < -0.4 is 0 Å². The van der Waals surface area contributed by atoms with Crippen LogP contribution in [-0.2, 0) is 0 Å². The van der Waals surface area contributed by atoms with Crippen LogP contribution in [0.4, 0.5) is 0 Å². The molecule has 48 heavy (non-hydrogen) atoms. The highest BCUT2D eigenvalue weighted by atomic mass is 32.1. The Morgan fingerprint density at radius 2 is 1.08 bits per heavy atom. The van der Waals surface area contributed by atoms with Crippen LogP contribution in [0.2, 0.25) is 0 Å². The summed E-state index contributed by atoms with van der Waals surface area (Å²) >= 11 is 1.76. The fourth-order valence-electron chi connectivity index (χ4n) is 7.70. The zero-order chi connectivity index (χ0) is 31.3. The minimum absolute atomic E-state index is 0.671. The molecule has 0 saturated carbocycles. The first-order valence-corrected chi connectivity index (χ1v) is 16.9. The Bertz CT molecular complexity index is 3050. The first kappa shape index (κ1) is 25.9. The van der Waals surface area contributed by atoms with Gasteiger partial charge < -0.3 is 8.97 Å². The van der Waals surface area contributed by atoms with Crippen molar-refractivity contribution in [2.24, 2.45) is 0 Å². The van der Waals surface area contributed by atoms with Crippen molar-refractivity contribution in [2.75, 3.05) is 0 Å². The van der Waals surface area contributed by atoms with Gasteiger partial charge in [0.2, 0.25) is 5.95 Å². The van der Waals surface area contributed by atoms with Gasteiger partial charge in [-0.2, -0.15) is 0 Å². The molecule has 0 unspecified atom stereocenters. The van der Waals surface area contributed by atoms with Gasteiger partial charge in [-0.05, 0) is 48.5 Å². The molecule has 11 rings (SSSR count). The molecule has 0 bridgehead atoms. The quantitative estimate of drug-likeness (QED) is 0.195. The first-order chi connectivity index (χ1) is 23.8. The maximum Gasteiger partial charge on any atom is 0.235 e. The van der Waals surface area contributed by atoms with Crippen molar-refractivity contribution in [1.29, 1.82) is 0 Å². The van der Waals surface area contributed by atoms with E-state index in [0.717, 1.165) is 76.6 Å². The molecule has 5 aromatic heterocycles. The largest absolute Gasteiger partial charge is 0.308 e. The molecule has 0 spiro atoms. The van der Waals surface area contributed by atoms with Crippen molar-refractivity contribution in [1.82, 2.24) is 23.5 Å². The van der Waals surface area contributed by atoms with Crippen LogP contribution in [0.25, 0.3) is 92.6 Å². The molecule has 11 aromatic rings. The van der Waals surface area contributed by atoms with Crippen molar-refractivity contribution in [2.45, 2.75) is 0 Å². The summed E-state index contributed by atoms with van der Waals surface area (Å²) in [5.41, 5.74) is 12.0. The third kappa shape index (κ3) is 3.39. The van der Waals surface area contributed by atoms with E-state index in [9.17, 15) is 0 Å². The summed E-state index contributed by atoms with van der Waals surface area (Å²) in [7, 11) is 0. The molecule has 5 heterocycles. The number of benzene rings is 6. The molecular weight excluding hydrogens is 607 g/mol. The number of rotatable bonds is 3.